The van der Waals surface area contributed by atoms with Crippen LogP contribution in [0.5, 0.6) is 0 Å². The highest BCUT2D eigenvalue weighted by Gasteiger charge is 2.22. The second-order valence-corrected chi connectivity index (χ2v) is 5.17. The van der Waals surface area contributed by atoms with Gasteiger partial charge in [0.05, 0.1) is 6.61 Å². The molecule has 0 spiro atoms. The number of urea groups is 1. The second kappa shape index (κ2) is 10.9. The van der Waals surface area contributed by atoms with E-state index in [9.17, 15) is 9.59 Å². The van der Waals surface area contributed by atoms with Gasteiger partial charge in [-0.2, -0.15) is 11.8 Å². The Hall–Kier alpha value is -0.950. The van der Waals surface area contributed by atoms with Crippen molar-refractivity contribution in [2.24, 2.45) is 0 Å². The van der Waals surface area contributed by atoms with Crippen LogP contribution in [0.2, 0.25) is 0 Å². The van der Waals surface area contributed by atoms with Crippen molar-refractivity contribution < 1.29 is 19.8 Å². The van der Waals surface area contributed by atoms with Crippen LogP contribution in [0.25, 0.3) is 0 Å². The fourth-order valence-electron chi connectivity index (χ4n) is 1.52. The van der Waals surface area contributed by atoms with Gasteiger partial charge in [-0.3, -0.25) is 0 Å². The minimum atomic E-state index is -1.03. The Morgan fingerprint density at radius 3 is 2.53 bits per heavy atom. The third-order valence-electron chi connectivity index (χ3n) is 2.65. The van der Waals surface area contributed by atoms with Crippen LogP contribution < -0.4 is 5.32 Å². The molecular formula is C12H24N2O4S. The van der Waals surface area contributed by atoms with Gasteiger partial charge in [-0.1, -0.05) is 13.3 Å². The highest BCUT2D eigenvalue weighted by atomic mass is 32.2. The Bertz CT molecular complexity index is 276. The van der Waals surface area contributed by atoms with E-state index in [1.54, 1.807) is 0 Å². The molecule has 0 bridgehead atoms. The van der Waals surface area contributed by atoms with Gasteiger partial charge < -0.3 is 20.4 Å². The zero-order chi connectivity index (χ0) is 14.7. The predicted molar refractivity (Wildman–Crippen MR) is 76.5 cm³/mol. The van der Waals surface area contributed by atoms with E-state index in [2.05, 4.69) is 5.32 Å². The van der Waals surface area contributed by atoms with Crippen molar-refractivity contribution in [3.8, 4) is 0 Å². The summed E-state index contributed by atoms with van der Waals surface area (Å²) in [6.07, 6.45) is 4.04. The topological polar surface area (TPSA) is 89.9 Å². The highest BCUT2D eigenvalue weighted by Crippen LogP contribution is 2.03. The second-order valence-electron chi connectivity index (χ2n) is 4.19. The molecule has 1 unspecified atom stereocenters. The number of carbonyl (C=O) groups is 2. The first-order valence-corrected chi connectivity index (χ1v) is 7.84. The number of carboxylic acids is 1. The Morgan fingerprint density at radius 2 is 2.05 bits per heavy atom. The van der Waals surface area contributed by atoms with Crippen LogP contribution in [0, 0.1) is 0 Å². The largest absolute Gasteiger partial charge is 0.480 e. The fraction of sp³-hybridized carbons (Fsp3) is 0.833. The molecule has 0 aromatic carbocycles. The minimum Gasteiger partial charge on any atom is -0.480 e. The van der Waals surface area contributed by atoms with Gasteiger partial charge in [0.1, 0.15) is 6.04 Å². The van der Waals surface area contributed by atoms with Gasteiger partial charge >= 0.3 is 12.0 Å². The lowest BCUT2D eigenvalue weighted by molar-refractivity contribution is -0.139. The number of aliphatic hydroxyl groups is 1. The number of rotatable bonds is 10. The molecule has 19 heavy (non-hydrogen) atoms. The average molecular weight is 292 g/mol. The maximum atomic E-state index is 12.0. The van der Waals surface area contributed by atoms with Gasteiger partial charge in [0.25, 0.3) is 0 Å². The van der Waals surface area contributed by atoms with Crippen LogP contribution in [0.3, 0.4) is 0 Å². The number of aliphatic hydroxyl groups excluding tert-OH is 1. The van der Waals surface area contributed by atoms with E-state index in [1.807, 2.05) is 13.2 Å². The molecule has 0 saturated heterocycles. The number of hydrogen-bond acceptors (Lipinski definition) is 4. The molecule has 0 aliphatic rings. The maximum Gasteiger partial charge on any atom is 0.326 e. The van der Waals surface area contributed by atoms with Crippen LogP contribution in [0.4, 0.5) is 4.79 Å². The average Bonchev–Trinajstić information content (AvgIpc) is 2.38. The molecular weight excluding hydrogens is 268 g/mol. The first-order valence-electron chi connectivity index (χ1n) is 6.44. The lowest BCUT2D eigenvalue weighted by atomic mass is 10.2. The molecule has 1 atom stereocenters. The van der Waals surface area contributed by atoms with Crippen molar-refractivity contribution in [2.45, 2.75) is 32.2 Å². The molecule has 0 aliphatic carbocycles. The smallest absolute Gasteiger partial charge is 0.326 e. The summed E-state index contributed by atoms with van der Waals surface area (Å²) in [4.78, 5) is 24.5. The third-order valence-corrected chi connectivity index (χ3v) is 3.29. The minimum absolute atomic E-state index is 0.125. The van der Waals surface area contributed by atoms with Crippen molar-refractivity contribution in [1.82, 2.24) is 10.2 Å². The molecule has 0 fully saturated rings. The van der Waals surface area contributed by atoms with E-state index in [0.29, 0.717) is 18.7 Å². The molecule has 0 aliphatic heterocycles. The van der Waals surface area contributed by atoms with E-state index in [0.717, 1.165) is 12.8 Å². The molecule has 2 amide bonds. The summed E-state index contributed by atoms with van der Waals surface area (Å²) in [7, 11) is 0. The molecule has 0 aromatic heterocycles. The summed E-state index contributed by atoms with van der Waals surface area (Å²) >= 11 is 1.54. The molecule has 0 heterocycles. The molecule has 112 valence electrons. The first kappa shape index (κ1) is 18.0. The van der Waals surface area contributed by atoms with Gasteiger partial charge in [0.2, 0.25) is 0 Å². The molecule has 7 heteroatoms. The number of carboxylic acid groups (broad SMARTS) is 1. The van der Waals surface area contributed by atoms with Gasteiger partial charge in [-0.05, 0) is 24.9 Å². The van der Waals surface area contributed by atoms with Crippen molar-refractivity contribution in [2.75, 3.05) is 31.7 Å². The lowest BCUT2D eigenvalue weighted by Crippen LogP contribution is -2.49. The maximum absolute atomic E-state index is 12.0. The van der Waals surface area contributed by atoms with Gasteiger partial charge in [0, 0.05) is 13.1 Å². The van der Waals surface area contributed by atoms with Crippen LogP contribution >= 0.6 is 11.8 Å². The molecule has 3 N–H and O–H groups in total. The van der Waals surface area contributed by atoms with Gasteiger partial charge in [-0.25, -0.2) is 9.59 Å². The van der Waals surface area contributed by atoms with E-state index in [-0.39, 0.29) is 13.2 Å². The number of unbranched alkanes of at least 4 members (excludes halogenated alkanes) is 1. The number of hydrogen-bond donors (Lipinski definition) is 3. The van der Waals surface area contributed by atoms with Crippen LogP contribution in [-0.2, 0) is 4.79 Å². The van der Waals surface area contributed by atoms with Crippen molar-refractivity contribution >= 4 is 23.8 Å². The summed E-state index contributed by atoms with van der Waals surface area (Å²) in [5.41, 5.74) is 0. The normalized spacial score (nSPS) is 11.9. The fourth-order valence-corrected chi connectivity index (χ4v) is 1.99. The van der Waals surface area contributed by atoms with E-state index in [4.69, 9.17) is 10.2 Å². The number of nitrogens with one attached hydrogen (secondary N) is 1. The van der Waals surface area contributed by atoms with E-state index < -0.39 is 18.0 Å². The number of aliphatic carboxylic acids is 1. The van der Waals surface area contributed by atoms with Crippen molar-refractivity contribution in [3.63, 3.8) is 0 Å². The number of nitrogens with zero attached hydrogens (tertiary/aromatic N) is 1. The Morgan fingerprint density at radius 1 is 1.37 bits per heavy atom. The van der Waals surface area contributed by atoms with Crippen LogP contribution in [0.1, 0.15) is 26.2 Å². The standard InChI is InChI=1S/C12H24N2O4S/c1-3-4-6-14(7-8-15)12(18)13-10(11(16)17)5-9-19-2/h10,15H,3-9H2,1-2H3,(H,13,18)(H,16,17). The Labute approximate surface area is 118 Å². The zero-order valence-corrected chi connectivity index (χ0v) is 12.4. The molecule has 0 saturated carbocycles. The van der Waals surface area contributed by atoms with Crippen molar-refractivity contribution in [1.29, 1.82) is 0 Å². The van der Waals surface area contributed by atoms with E-state index in [1.165, 1.54) is 16.7 Å². The number of amides is 2. The van der Waals surface area contributed by atoms with Crippen molar-refractivity contribution in [3.05, 3.63) is 0 Å². The summed E-state index contributed by atoms with van der Waals surface area (Å²) in [6.45, 7) is 2.63. The molecule has 6 nitrogen and oxygen atoms in total. The van der Waals surface area contributed by atoms with Crippen LogP contribution in [-0.4, -0.2) is 64.9 Å². The Kier molecular flexibility index (Phi) is 10.4. The third kappa shape index (κ3) is 7.94. The summed E-state index contributed by atoms with van der Waals surface area (Å²) < 4.78 is 0. The monoisotopic (exact) mass is 292 g/mol. The summed E-state index contributed by atoms with van der Waals surface area (Å²) in [5.74, 6) is -0.353. The summed E-state index contributed by atoms with van der Waals surface area (Å²) in [5, 5.41) is 20.5. The lowest BCUT2D eigenvalue weighted by Gasteiger charge is -2.24. The molecule has 0 rings (SSSR count). The first-order chi connectivity index (χ1) is 9.06. The van der Waals surface area contributed by atoms with Gasteiger partial charge in [0.15, 0.2) is 0 Å². The predicted octanol–water partition coefficient (Wildman–Crippen LogP) is 0.997. The highest BCUT2D eigenvalue weighted by molar-refractivity contribution is 7.98. The molecule has 0 radical (unpaired) electrons. The van der Waals surface area contributed by atoms with Crippen LogP contribution in [0.15, 0.2) is 0 Å². The zero-order valence-electron chi connectivity index (χ0n) is 11.6. The van der Waals surface area contributed by atoms with Gasteiger partial charge in [-0.15, -0.1) is 0 Å². The SMILES string of the molecule is CCCCN(CCO)C(=O)NC(CCSC)C(=O)O. The quantitative estimate of drug-likeness (QED) is 0.559. The van der Waals surface area contributed by atoms with E-state index >= 15 is 0 Å². The Balaban J connectivity index is 4.42. The number of carbonyl (C=O) groups excluding carboxylic acids is 1. The summed E-state index contributed by atoms with van der Waals surface area (Å²) in [6, 6.07) is -1.29. The molecule has 0 aromatic rings. The number of thioether (sulfide) groups is 1.